The van der Waals surface area contributed by atoms with Crippen molar-refractivity contribution in [3.63, 3.8) is 0 Å². The van der Waals surface area contributed by atoms with Crippen LogP contribution in [0.25, 0.3) is 16.6 Å². The lowest BCUT2D eigenvalue weighted by Gasteiger charge is -2.28. The highest BCUT2D eigenvalue weighted by Crippen LogP contribution is 2.37. The molecule has 0 amide bonds. The Bertz CT molecular complexity index is 1280. The van der Waals surface area contributed by atoms with Crippen LogP contribution in [-0.2, 0) is 23.8 Å². The highest BCUT2D eigenvalue weighted by molar-refractivity contribution is 6.45. The highest BCUT2D eigenvalue weighted by atomic mass is 35.5. The van der Waals surface area contributed by atoms with Gasteiger partial charge < -0.3 is 23.7 Å². The molecule has 3 aromatic rings. The van der Waals surface area contributed by atoms with Crippen LogP contribution in [-0.4, -0.2) is 65.0 Å². The Morgan fingerprint density at radius 1 is 1.22 bits per heavy atom. The number of imidazole rings is 1. The number of pyridine rings is 1. The van der Waals surface area contributed by atoms with Crippen molar-refractivity contribution in [3.8, 4) is 5.69 Å². The molecule has 1 aromatic carbocycles. The van der Waals surface area contributed by atoms with Crippen molar-refractivity contribution in [2.75, 3.05) is 31.8 Å². The van der Waals surface area contributed by atoms with Crippen LogP contribution >= 0.6 is 23.2 Å². The first-order valence-electron chi connectivity index (χ1n) is 12.0. The number of benzene rings is 1. The highest BCUT2D eigenvalue weighted by Gasteiger charge is 2.41. The Morgan fingerprint density at radius 3 is 2.68 bits per heavy atom. The molecule has 1 saturated heterocycles. The summed E-state index contributed by atoms with van der Waals surface area (Å²) in [6, 6.07) is 4.87. The lowest BCUT2D eigenvalue weighted by molar-refractivity contribution is -0.156. The predicted octanol–water partition coefficient (Wildman–Crippen LogP) is 4.84. The van der Waals surface area contributed by atoms with E-state index in [1.165, 1.54) is 7.11 Å². The van der Waals surface area contributed by atoms with E-state index in [0.717, 1.165) is 11.1 Å². The van der Waals surface area contributed by atoms with Gasteiger partial charge in [-0.1, -0.05) is 23.2 Å². The Hall–Kier alpha value is -2.88. The van der Waals surface area contributed by atoms with Crippen LogP contribution in [0.2, 0.25) is 10.0 Å². The maximum absolute atomic E-state index is 12.9. The summed E-state index contributed by atoms with van der Waals surface area (Å²) < 4.78 is 18.1. The molecule has 37 heavy (non-hydrogen) atoms. The fourth-order valence-electron chi connectivity index (χ4n) is 4.48. The molecule has 11 heteroatoms. The van der Waals surface area contributed by atoms with Crippen molar-refractivity contribution in [2.24, 2.45) is 5.92 Å². The van der Waals surface area contributed by atoms with Gasteiger partial charge in [-0.15, -0.1) is 0 Å². The number of rotatable bonds is 8. The molecule has 0 radical (unpaired) electrons. The average Bonchev–Trinajstić information content (AvgIpc) is 3.52. The molecule has 1 aliphatic rings. The van der Waals surface area contributed by atoms with Crippen LogP contribution in [0.5, 0.6) is 0 Å². The van der Waals surface area contributed by atoms with Crippen LogP contribution in [0, 0.1) is 5.92 Å². The van der Waals surface area contributed by atoms with Crippen LogP contribution in [0.4, 0.5) is 5.82 Å². The molecule has 4 rings (SSSR count). The zero-order valence-electron chi connectivity index (χ0n) is 21.2. The van der Waals surface area contributed by atoms with E-state index < -0.39 is 11.6 Å². The number of carbonyl (C=O) groups is 2. The Kier molecular flexibility index (Phi) is 8.26. The summed E-state index contributed by atoms with van der Waals surface area (Å²) in [6.45, 7) is 6.50. The number of methoxy groups -OCH3 is 1. The summed E-state index contributed by atoms with van der Waals surface area (Å²) >= 11 is 12.9. The molecule has 0 aliphatic carbocycles. The quantitative estimate of drug-likeness (QED) is 0.291. The molecule has 2 atom stereocenters. The van der Waals surface area contributed by atoms with Gasteiger partial charge in [0.05, 0.1) is 54.3 Å². The SMILES string of the molecule is COC(=O)[C@H]1C(COCCC(=O)OC(C)(C)C)CCN1c1cc(-n2ccnc2)c2ccc(Cl)c(Cl)c2n1. The number of nitrogens with zero attached hydrogens (tertiary/aromatic N) is 4. The molecule has 0 saturated carbocycles. The first-order valence-corrected chi connectivity index (χ1v) is 12.8. The monoisotopic (exact) mass is 548 g/mol. The Balaban J connectivity index is 1.58. The number of ether oxygens (including phenoxy) is 3. The minimum absolute atomic E-state index is 0.135. The van der Waals surface area contributed by atoms with Gasteiger partial charge in [-0.2, -0.15) is 0 Å². The summed E-state index contributed by atoms with van der Waals surface area (Å²) in [4.78, 5) is 35.8. The van der Waals surface area contributed by atoms with Gasteiger partial charge in [0.25, 0.3) is 0 Å². The van der Waals surface area contributed by atoms with E-state index in [1.807, 2.05) is 48.6 Å². The van der Waals surface area contributed by atoms with Gasteiger partial charge in [-0.3, -0.25) is 4.79 Å². The largest absolute Gasteiger partial charge is 0.467 e. The molecule has 1 fully saturated rings. The number of hydrogen-bond acceptors (Lipinski definition) is 8. The molecular weight excluding hydrogens is 519 g/mol. The number of esters is 2. The number of anilines is 1. The summed E-state index contributed by atoms with van der Waals surface area (Å²) in [7, 11) is 1.36. The third-order valence-electron chi connectivity index (χ3n) is 6.08. The van der Waals surface area contributed by atoms with Crippen LogP contribution < -0.4 is 4.90 Å². The maximum Gasteiger partial charge on any atom is 0.328 e. The van der Waals surface area contributed by atoms with E-state index in [2.05, 4.69) is 4.98 Å². The molecule has 3 heterocycles. The standard InChI is InChI=1S/C26H30Cl2N4O5/c1-26(2,3)37-21(33)8-12-36-14-16-7-10-32(24(16)25(34)35-4)20-13-19(31-11-9-29-15-31)17-5-6-18(27)22(28)23(17)30-20/h5-6,9,11,13,15-16,24H,7-8,10,12,14H2,1-4H3/t16?,24-/m1/s1. The molecule has 1 aliphatic heterocycles. The van der Waals surface area contributed by atoms with Gasteiger partial charge >= 0.3 is 11.9 Å². The maximum atomic E-state index is 12.9. The third-order valence-corrected chi connectivity index (χ3v) is 6.88. The lowest BCUT2D eigenvalue weighted by Crippen LogP contribution is -2.42. The molecule has 198 valence electrons. The van der Waals surface area contributed by atoms with E-state index in [-0.39, 0.29) is 37.5 Å². The van der Waals surface area contributed by atoms with Gasteiger partial charge in [-0.25, -0.2) is 14.8 Å². The fraction of sp³-hybridized carbons (Fsp3) is 0.462. The summed E-state index contributed by atoms with van der Waals surface area (Å²) in [5, 5.41) is 1.52. The fourth-order valence-corrected chi connectivity index (χ4v) is 4.84. The molecule has 9 nitrogen and oxygen atoms in total. The Labute approximate surface area is 225 Å². The van der Waals surface area contributed by atoms with E-state index in [1.54, 1.807) is 18.6 Å². The van der Waals surface area contributed by atoms with Crippen molar-refractivity contribution in [1.82, 2.24) is 14.5 Å². The van der Waals surface area contributed by atoms with Crippen molar-refractivity contribution in [3.05, 3.63) is 47.0 Å². The van der Waals surface area contributed by atoms with Gasteiger partial charge in [0.2, 0.25) is 0 Å². The van der Waals surface area contributed by atoms with E-state index in [0.29, 0.717) is 34.3 Å². The van der Waals surface area contributed by atoms with Crippen molar-refractivity contribution >= 4 is 51.9 Å². The summed E-state index contributed by atoms with van der Waals surface area (Å²) in [6.07, 6.45) is 6.00. The van der Waals surface area contributed by atoms with Gasteiger partial charge in [-0.05, 0) is 39.3 Å². The lowest BCUT2D eigenvalue weighted by atomic mass is 10.0. The second-order valence-electron chi connectivity index (χ2n) is 9.85. The summed E-state index contributed by atoms with van der Waals surface area (Å²) in [5.41, 5.74) is 0.780. The number of hydrogen-bond donors (Lipinski definition) is 0. The summed E-state index contributed by atoms with van der Waals surface area (Å²) in [5.74, 6) is -0.309. The smallest absolute Gasteiger partial charge is 0.328 e. The van der Waals surface area contributed by atoms with Gasteiger partial charge in [0, 0.05) is 36.3 Å². The van der Waals surface area contributed by atoms with Crippen molar-refractivity contribution < 1.29 is 23.8 Å². The molecular formula is C26H30Cl2N4O5. The van der Waals surface area contributed by atoms with Crippen molar-refractivity contribution in [1.29, 1.82) is 0 Å². The van der Waals surface area contributed by atoms with Crippen LogP contribution in [0.15, 0.2) is 36.9 Å². The van der Waals surface area contributed by atoms with Gasteiger partial charge in [0.1, 0.15) is 17.5 Å². The topological polar surface area (TPSA) is 95.8 Å². The zero-order valence-corrected chi connectivity index (χ0v) is 22.8. The molecule has 0 bridgehead atoms. The zero-order chi connectivity index (χ0) is 26.7. The second kappa shape index (κ2) is 11.2. The molecule has 0 N–H and O–H groups in total. The first kappa shape index (κ1) is 27.2. The number of aromatic nitrogens is 3. The number of fused-ring (bicyclic) bond motifs is 1. The molecule has 1 unspecified atom stereocenters. The third kappa shape index (κ3) is 6.17. The number of halogens is 2. The second-order valence-corrected chi connectivity index (χ2v) is 10.6. The predicted molar refractivity (Wildman–Crippen MR) is 141 cm³/mol. The first-order chi connectivity index (χ1) is 17.6. The molecule has 2 aromatic heterocycles. The Morgan fingerprint density at radius 2 is 2.00 bits per heavy atom. The van der Waals surface area contributed by atoms with E-state index in [4.69, 9.17) is 42.4 Å². The average molecular weight is 549 g/mol. The van der Waals surface area contributed by atoms with E-state index >= 15 is 0 Å². The minimum atomic E-state index is -0.620. The number of carbonyl (C=O) groups excluding carboxylic acids is 2. The molecule has 0 spiro atoms. The normalized spacial score (nSPS) is 17.8. The minimum Gasteiger partial charge on any atom is -0.467 e. The van der Waals surface area contributed by atoms with Crippen LogP contribution in [0.1, 0.15) is 33.6 Å². The van der Waals surface area contributed by atoms with E-state index in [9.17, 15) is 9.59 Å². The van der Waals surface area contributed by atoms with Gasteiger partial charge in [0.15, 0.2) is 0 Å². The van der Waals surface area contributed by atoms with Crippen LogP contribution in [0.3, 0.4) is 0 Å². The van der Waals surface area contributed by atoms with Crippen molar-refractivity contribution in [2.45, 2.75) is 45.3 Å².